The van der Waals surface area contributed by atoms with E-state index in [1.807, 2.05) is 0 Å². The van der Waals surface area contributed by atoms with Crippen molar-refractivity contribution in [3.63, 3.8) is 0 Å². The third kappa shape index (κ3) is 2.34. The minimum Gasteiger partial charge on any atom is -0.504 e. The highest BCUT2D eigenvalue weighted by Crippen LogP contribution is 2.37. The van der Waals surface area contributed by atoms with Gasteiger partial charge in [-0.15, -0.1) is 0 Å². The molecule has 1 aromatic rings. The van der Waals surface area contributed by atoms with Crippen LogP contribution in [0.5, 0.6) is 11.5 Å². The fourth-order valence-corrected chi connectivity index (χ4v) is 3.23. The first-order valence-corrected chi connectivity index (χ1v) is 7.17. The minimum atomic E-state index is -0.362. The number of benzene rings is 1. The molecule has 0 radical (unpaired) electrons. The number of amides is 1. The molecule has 114 valence electrons. The van der Waals surface area contributed by atoms with Crippen LogP contribution < -0.4 is 15.8 Å². The summed E-state index contributed by atoms with van der Waals surface area (Å²) in [6.07, 6.45) is 2.06. The molecular formula is C15H20N2O4. The second-order valence-electron chi connectivity index (χ2n) is 5.57. The Bertz CT molecular complexity index is 548. The van der Waals surface area contributed by atoms with E-state index in [0.717, 1.165) is 12.8 Å². The zero-order valence-corrected chi connectivity index (χ0v) is 11.9. The lowest BCUT2D eigenvalue weighted by Gasteiger charge is -2.52. The van der Waals surface area contributed by atoms with Crippen molar-refractivity contribution >= 4 is 5.91 Å². The number of ether oxygens (including phenoxy) is 2. The molecule has 4 N–H and O–H groups in total. The normalized spacial score (nSPS) is 31.0. The molecule has 1 aliphatic heterocycles. The van der Waals surface area contributed by atoms with Crippen molar-refractivity contribution in [2.24, 2.45) is 11.7 Å². The summed E-state index contributed by atoms with van der Waals surface area (Å²) < 4.78 is 10.7. The zero-order valence-electron chi connectivity index (χ0n) is 11.9. The smallest absolute Gasteiger partial charge is 0.255 e. The number of hydrogen-bond donors (Lipinski definition) is 3. The molecule has 3 rings (SSSR count). The number of carbonyl (C=O) groups is 1. The third-order valence-electron chi connectivity index (χ3n) is 4.44. The van der Waals surface area contributed by atoms with Crippen LogP contribution in [0.15, 0.2) is 18.2 Å². The fourth-order valence-electron chi connectivity index (χ4n) is 3.23. The van der Waals surface area contributed by atoms with Gasteiger partial charge in [-0.1, -0.05) is 6.07 Å². The van der Waals surface area contributed by atoms with Gasteiger partial charge in [0.15, 0.2) is 11.5 Å². The first-order valence-electron chi connectivity index (χ1n) is 7.17. The van der Waals surface area contributed by atoms with Gasteiger partial charge in [-0.05, 0) is 25.0 Å². The maximum Gasteiger partial charge on any atom is 0.255 e. The molecule has 4 unspecified atom stereocenters. The number of carbonyl (C=O) groups excluding carboxylic acids is 1. The predicted molar refractivity (Wildman–Crippen MR) is 76.4 cm³/mol. The SMILES string of the molecule is COc1cccc(C(=O)NC2C(N)C3CCCOC32)c1O. The van der Waals surface area contributed by atoms with Crippen LogP contribution in [0.1, 0.15) is 23.2 Å². The molecule has 21 heavy (non-hydrogen) atoms. The maximum absolute atomic E-state index is 12.3. The van der Waals surface area contributed by atoms with Crippen LogP contribution in [0.25, 0.3) is 0 Å². The number of para-hydroxylation sites is 1. The highest BCUT2D eigenvalue weighted by Gasteiger charge is 2.51. The third-order valence-corrected chi connectivity index (χ3v) is 4.44. The van der Waals surface area contributed by atoms with Gasteiger partial charge < -0.3 is 25.6 Å². The van der Waals surface area contributed by atoms with Gasteiger partial charge in [-0.2, -0.15) is 0 Å². The van der Waals surface area contributed by atoms with E-state index in [4.69, 9.17) is 15.2 Å². The van der Waals surface area contributed by atoms with Gasteiger partial charge in [0, 0.05) is 18.6 Å². The maximum atomic E-state index is 12.3. The first kappa shape index (κ1) is 14.2. The molecule has 1 amide bonds. The lowest BCUT2D eigenvalue weighted by atomic mass is 9.68. The van der Waals surface area contributed by atoms with Gasteiger partial charge in [0.25, 0.3) is 5.91 Å². The molecular weight excluding hydrogens is 272 g/mol. The second kappa shape index (κ2) is 5.54. The first-order chi connectivity index (χ1) is 10.1. The van der Waals surface area contributed by atoms with Crippen molar-refractivity contribution in [3.8, 4) is 11.5 Å². The quantitative estimate of drug-likeness (QED) is 0.760. The summed E-state index contributed by atoms with van der Waals surface area (Å²) in [6, 6.07) is 4.52. The molecule has 1 saturated heterocycles. The molecule has 6 heteroatoms. The standard InChI is InChI=1S/C15H20N2O4/c1-20-10-6-2-4-9(13(10)18)15(19)17-12-11(16)8-5-3-7-21-14(8)12/h2,4,6,8,11-12,14,18H,3,5,7,16H2,1H3,(H,17,19). The van der Waals surface area contributed by atoms with Crippen molar-refractivity contribution in [2.75, 3.05) is 13.7 Å². The number of nitrogens with one attached hydrogen (secondary N) is 1. The molecule has 2 aliphatic rings. The lowest BCUT2D eigenvalue weighted by molar-refractivity contribution is -0.117. The fraction of sp³-hybridized carbons (Fsp3) is 0.533. The van der Waals surface area contributed by atoms with Crippen LogP contribution in [0.3, 0.4) is 0 Å². The minimum absolute atomic E-state index is 0.00884. The zero-order chi connectivity index (χ0) is 15.0. The Hall–Kier alpha value is -1.79. The van der Waals surface area contributed by atoms with Gasteiger partial charge in [-0.3, -0.25) is 4.79 Å². The summed E-state index contributed by atoms with van der Waals surface area (Å²) in [7, 11) is 1.44. The molecule has 6 nitrogen and oxygen atoms in total. The van der Waals surface area contributed by atoms with Gasteiger partial charge in [0.1, 0.15) is 0 Å². The van der Waals surface area contributed by atoms with E-state index >= 15 is 0 Å². The largest absolute Gasteiger partial charge is 0.504 e. The van der Waals surface area contributed by atoms with Crippen molar-refractivity contribution in [1.29, 1.82) is 0 Å². The topological polar surface area (TPSA) is 93.8 Å². The average molecular weight is 292 g/mol. The highest BCUT2D eigenvalue weighted by molar-refractivity contribution is 5.98. The van der Waals surface area contributed by atoms with Crippen molar-refractivity contribution in [1.82, 2.24) is 5.32 Å². The van der Waals surface area contributed by atoms with Gasteiger partial charge in [0.2, 0.25) is 0 Å². The molecule has 0 aromatic heterocycles. The number of phenolic OH excluding ortho intramolecular Hbond substituents is 1. The number of fused-ring (bicyclic) bond motifs is 1. The molecule has 2 fully saturated rings. The number of phenols is 1. The molecule has 1 heterocycles. The summed E-state index contributed by atoms with van der Waals surface area (Å²) in [5, 5.41) is 12.9. The van der Waals surface area contributed by atoms with Crippen molar-refractivity contribution in [3.05, 3.63) is 23.8 Å². The summed E-state index contributed by atoms with van der Waals surface area (Å²) in [5.41, 5.74) is 6.30. The summed E-state index contributed by atoms with van der Waals surface area (Å²) in [5.74, 6) is 0.0706. The molecule has 1 aromatic carbocycles. The second-order valence-corrected chi connectivity index (χ2v) is 5.57. The Balaban J connectivity index is 1.72. The number of aromatic hydroxyl groups is 1. The number of methoxy groups -OCH3 is 1. The van der Waals surface area contributed by atoms with Gasteiger partial charge in [0.05, 0.1) is 24.8 Å². The van der Waals surface area contributed by atoms with E-state index in [-0.39, 0.29) is 41.2 Å². The van der Waals surface area contributed by atoms with Crippen LogP contribution in [0, 0.1) is 5.92 Å². The lowest BCUT2D eigenvalue weighted by Crippen LogP contribution is -2.72. The monoisotopic (exact) mass is 292 g/mol. The Morgan fingerprint density at radius 1 is 1.52 bits per heavy atom. The molecule has 4 atom stereocenters. The van der Waals surface area contributed by atoms with Crippen LogP contribution >= 0.6 is 0 Å². The van der Waals surface area contributed by atoms with Crippen LogP contribution in [-0.2, 0) is 4.74 Å². The van der Waals surface area contributed by atoms with E-state index in [0.29, 0.717) is 12.5 Å². The number of nitrogens with two attached hydrogens (primary N) is 1. The molecule has 1 aliphatic carbocycles. The van der Waals surface area contributed by atoms with E-state index in [2.05, 4.69) is 5.32 Å². The highest BCUT2D eigenvalue weighted by atomic mass is 16.5. The van der Waals surface area contributed by atoms with E-state index in [1.54, 1.807) is 18.2 Å². The van der Waals surface area contributed by atoms with Crippen LogP contribution in [0.2, 0.25) is 0 Å². The van der Waals surface area contributed by atoms with E-state index in [9.17, 15) is 9.90 Å². The Morgan fingerprint density at radius 2 is 2.33 bits per heavy atom. The van der Waals surface area contributed by atoms with Crippen molar-refractivity contribution in [2.45, 2.75) is 31.0 Å². The molecule has 0 spiro atoms. The summed E-state index contributed by atoms with van der Waals surface area (Å²) >= 11 is 0. The van der Waals surface area contributed by atoms with Crippen LogP contribution in [-0.4, -0.2) is 42.9 Å². The predicted octanol–water partition coefficient (Wildman–Crippen LogP) is 0.635. The average Bonchev–Trinajstić information content (AvgIpc) is 2.52. The van der Waals surface area contributed by atoms with E-state index < -0.39 is 0 Å². The summed E-state index contributed by atoms with van der Waals surface area (Å²) in [6.45, 7) is 0.713. The molecule has 0 bridgehead atoms. The Morgan fingerprint density at radius 3 is 3.10 bits per heavy atom. The molecule has 1 saturated carbocycles. The van der Waals surface area contributed by atoms with Crippen LogP contribution in [0.4, 0.5) is 0 Å². The summed E-state index contributed by atoms with van der Waals surface area (Å²) in [4.78, 5) is 12.3. The van der Waals surface area contributed by atoms with E-state index in [1.165, 1.54) is 7.11 Å². The van der Waals surface area contributed by atoms with Crippen molar-refractivity contribution < 1.29 is 19.4 Å². The number of rotatable bonds is 3. The Labute approximate surface area is 123 Å². The van der Waals surface area contributed by atoms with Gasteiger partial charge >= 0.3 is 0 Å². The van der Waals surface area contributed by atoms with Gasteiger partial charge in [-0.25, -0.2) is 0 Å². The number of hydrogen-bond acceptors (Lipinski definition) is 5. The Kier molecular flexibility index (Phi) is 3.73.